The molecule has 0 aliphatic carbocycles. The van der Waals surface area contributed by atoms with Crippen molar-refractivity contribution in [3.63, 3.8) is 0 Å². The van der Waals surface area contributed by atoms with Crippen molar-refractivity contribution < 1.29 is 14.2 Å². The minimum absolute atomic E-state index is 0.0577. The molecule has 1 atom stereocenters. The molecular formula is C14H24O3. The summed E-state index contributed by atoms with van der Waals surface area (Å²) in [7, 11) is 0. The van der Waals surface area contributed by atoms with Crippen molar-refractivity contribution in [2.45, 2.75) is 57.7 Å². The topological polar surface area (TPSA) is 27.7 Å². The number of allylic oxidation sites excluding steroid dienone is 2. The third-order valence-electron chi connectivity index (χ3n) is 3.27. The second kappa shape index (κ2) is 7.72. The molecule has 0 aromatic heterocycles. The molecule has 0 radical (unpaired) electrons. The molecule has 0 bridgehead atoms. The van der Waals surface area contributed by atoms with Crippen LogP contribution in [0.3, 0.4) is 0 Å². The van der Waals surface area contributed by atoms with Crippen molar-refractivity contribution in [3.05, 3.63) is 11.8 Å². The monoisotopic (exact) mass is 240 g/mol. The number of rotatable bonds is 5. The lowest BCUT2D eigenvalue weighted by atomic mass is 10.1. The highest BCUT2D eigenvalue weighted by molar-refractivity contribution is 4.94. The van der Waals surface area contributed by atoms with Crippen LogP contribution in [0.2, 0.25) is 0 Å². The number of hydrogen-bond donors (Lipinski definition) is 0. The molecule has 1 unspecified atom stereocenters. The molecule has 0 amide bonds. The van der Waals surface area contributed by atoms with Crippen molar-refractivity contribution in [1.82, 2.24) is 0 Å². The molecule has 17 heavy (non-hydrogen) atoms. The average molecular weight is 240 g/mol. The van der Waals surface area contributed by atoms with Gasteiger partial charge in [0.05, 0.1) is 19.0 Å². The molecule has 2 aliphatic rings. The Morgan fingerprint density at radius 3 is 2.88 bits per heavy atom. The lowest BCUT2D eigenvalue weighted by Crippen LogP contribution is -2.22. The summed E-state index contributed by atoms with van der Waals surface area (Å²) in [6, 6.07) is 0. The predicted molar refractivity (Wildman–Crippen MR) is 66.7 cm³/mol. The van der Waals surface area contributed by atoms with Gasteiger partial charge in [0.15, 0.2) is 6.29 Å². The lowest BCUT2D eigenvalue weighted by Gasteiger charge is -2.22. The van der Waals surface area contributed by atoms with E-state index < -0.39 is 0 Å². The van der Waals surface area contributed by atoms with E-state index in [0.29, 0.717) is 0 Å². The molecule has 0 N–H and O–H groups in total. The zero-order valence-electron chi connectivity index (χ0n) is 10.7. The highest BCUT2D eigenvalue weighted by atomic mass is 16.7. The second-order valence-electron chi connectivity index (χ2n) is 4.79. The largest absolute Gasteiger partial charge is 0.498 e. The molecule has 0 aromatic carbocycles. The van der Waals surface area contributed by atoms with Gasteiger partial charge in [-0.05, 0) is 51.0 Å². The first-order chi connectivity index (χ1) is 8.45. The molecule has 0 aromatic rings. The highest BCUT2D eigenvalue weighted by Gasteiger charge is 2.13. The van der Waals surface area contributed by atoms with Crippen LogP contribution in [0.1, 0.15) is 51.4 Å². The van der Waals surface area contributed by atoms with E-state index in [1.54, 1.807) is 0 Å². The van der Waals surface area contributed by atoms with Crippen LogP contribution in [0.25, 0.3) is 0 Å². The molecule has 2 rings (SSSR count). The number of hydrogen-bond acceptors (Lipinski definition) is 3. The Kier molecular flexibility index (Phi) is 5.86. The fourth-order valence-corrected chi connectivity index (χ4v) is 2.24. The third kappa shape index (κ3) is 5.09. The van der Waals surface area contributed by atoms with E-state index >= 15 is 0 Å². The summed E-state index contributed by atoms with van der Waals surface area (Å²) in [6.45, 7) is 2.56. The van der Waals surface area contributed by atoms with Crippen LogP contribution in [-0.4, -0.2) is 26.1 Å². The summed E-state index contributed by atoms with van der Waals surface area (Å²) in [5.74, 6) is 1.19. The fourth-order valence-electron chi connectivity index (χ4n) is 2.24. The number of ether oxygens (including phenoxy) is 3. The van der Waals surface area contributed by atoms with Crippen LogP contribution in [0.15, 0.2) is 11.8 Å². The van der Waals surface area contributed by atoms with Gasteiger partial charge in [-0.2, -0.15) is 0 Å². The number of unbranched alkanes of at least 4 members (excludes halogenated alkanes) is 1. The van der Waals surface area contributed by atoms with Crippen LogP contribution in [0.5, 0.6) is 0 Å². The van der Waals surface area contributed by atoms with Crippen molar-refractivity contribution in [2.75, 3.05) is 19.8 Å². The molecule has 98 valence electrons. The first-order valence-electron chi connectivity index (χ1n) is 7.00. The molecule has 0 saturated carbocycles. The quantitative estimate of drug-likeness (QED) is 0.689. The van der Waals surface area contributed by atoms with Gasteiger partial charge in [0, 0.05) is 13.0 Å². The van der Waals surface area contributed by atoms with E-state index in [1.807, 2.05) is 0 Å². The van der Waals surface area contributed by atoms with Gasteiger partial charge in [-0.1, -0.05) is 0 Å². The normalized spacial score (nSPS) is 28.0. The summed E-state index contributed by atoms with van der Waals surface area (Å²) < 4.78 is 16.8. The standard InChI is InChI=1S/C14H24O3/c1-4-10-15-13(7-1)8-2-5-11-16-14-9-3-6-12-17-14/h8,14H,1-7,9-12H2. The average Bonchev–Trinajstić information content (AvgIpc) is 2.41. The van der Waals surface area contributed by atoms with Gasteiger partial charge in [0.1, 0.15) is 0 Å². The van der Waals surface area contributed by atoms with Crippen LogP contribution in [0, 0.1) is 0 Å². The maximum atomic E-state index is 5.68. The lowest BCUT2D eigenvalue weighted by molar-refractivity contribution is -0.162. The van der Waals surface area contributed by atoms with Crippen molar-refractivity contribution >= 4 is 0 Å². The van der Waals surface area contributed by atoms with E-state index in [-0.39, 0.29) is 6.29 Å². The predicted octanol–water partition coefficient (Wildman–Crippen LogP) is 3.39. The van der Waals surface area contributed by atoms with Crippen molar-refractivity contribution in [1.29, 1.82) is 0 Å². The second-order valence-corrected chi connectivity index (χ2v) is 4.79. The first-order valence-corrected chi connectivity index (χ1v) is 7.00. The fraction of sp³-hybridized carbons (Fsp3) is 0.857. The molecule has 3 nitrogen and oxygen atoms in total. The van der Waals surface area contributed by atoms with Gasteiger partial charge in [-0.25, -0.2) is 0 Å². The van der Waals surface area contributed by atoms with E-state index in [0.717, 1.165) is 45.5 Å². The maximum Gasteiger partial charge on any atom is 0.157 e. The molecular weight excluding hydrogens is 216 g/mol. The molecule has 2 aliphatic heterocycles. The Hall–Kier alpha value is -0.540. The zero-order valence-corrected chi connectivity index (χ0v) is 10.7. The van der Waals surface area contributed by atoms with Crippen molar-refractivity contribution in [2.24, 2.45) is 0 Å². The van der Waals surface area contributed by atoms with E-state index in [2.05, 4.69) is 6.08 Å². The Bertz CT molecular complexity index is 224. The Balaban J connectivity index is 1.50. The third-order valence-corrected chi connectivity index (χ3v) is 3.27. The highest BCUT2D eigenvalue weighted by Crippen LogP contribution is 2.17. The van der Waals surface area contributed by atoms with Crippen LogP contribution in [0.4, 0.5) is 0 Å². The Morgan fingerprint density at radius 1 is 1.18 bits per heavy atom. The Morgan fingerprint density at radius 2 is 2.12 bits per heavy atom. The smallest absolute Gasteiger partial charge is 0.157 e. The van der Waals surface area contributed by atoms with E-state index in [9.17, 15) is 0 Å². The zero-order chi connectivity index (χ0) is 11.8. The molecule has 2 fully saturated rings. The van der Waals surface area contributed by atoms with Gasteiger partial charge in [-0.15, -0.1) is 0 Å². The minimum Gasteiger partial charge on any atom is -0.498 e. The Labute approximate surface area is 104 Å². The van der Waals surface area contributed by atoms with Crippen LogP contribution in [-0.2, 0) is 14.2 Å². The summed E-state index contributed by atoms with van der Waals surface area (Å²) >= 11 is 0. The SMILES string of the molecule is C(CCCOC1CCCCO1)=C1CCCCO1. The molecule has 2 heterocycles. The van der Waals surface area contributed by atoms with Crippen LogP contribution >= 0.6 is 0 Å². The van der Waals surface area contributed by atoms with E-state index in [1.165, 1.54) is 31.4 Å². The van der Waals surface area contributed by atoms with E-state index in [4.69, 9.17) is 14.2 Å². The molecule has 0 spiro atoms. The van der Waals surface area contributed by atoms with Crippen molar-refractivity contribution in [3.8, 4) is 0 Å². The summed E-state index contributed by atoms with van der Waals surface area (Å²) in [5, 5.41) is 0. The van der Waals surface area contributed by atoms with Gasteiger partial charge in [0.25, 0.3) is 0 Å². The minimum atomic E-state index is 0.0577. The molecule has 2 saturated heterocycles. The van der Waals surface area contributed by atoms with Gasteiger partial charge in [-0.3, -0.25) is 0 Å². The summed E-state index contributed by atoms with van der Waals surface area (Å²) in [6.07, 6.45) is 11.5. The summed E-state index contributed by atoms with van der Waals surface area (Å²) in [4.78, 5) is 0. The first kappa shape index (κ1) is 12.9. The van der Waals surface area contributed by atoms with Gasteiger partial charge in [0.2, 0.25) is 0 Å². The maximum absolute atomic E-state index is 5.68. The van der Waals surface area contributed by atoms with Gasteiger partial charge < -0.3 is 14.2 Å². The van der Waals surface area contributed by atoms with Crippen LogP contribution < -0.4 is 0 Å². The summed E-state index contributed by atoms with van der Waals surface area (Å²) in [5.41, 5.74) is 0. The molecule has 3 heteroatoms. The van der Waals surface area contributed by atoms with Gasteiger partial charge >= 0.3 is 0 Å².